The summed E-state index contributed by atoms with van der Waals surface area (Å²) in [5.41, 5.74) is 1.23. The van der Waals surface area contributed by atoms with Crippen LogP contribution >= 0.6 is 0 Å². The van der Waals surface area contributed by atoms with Crippen LogP contribution in [0.15, 0.2) is 47.5 Å². The van der Waals surface area contributed by atoms with Crippen LogP contribution in [0.25, 0.3) is 5.57 Å². The molecule has 18 heavy (non-hydrogen) atoms. The molecule has 0 bridgehead atoms. The summed E-state index contributed by atoms with van der Waals surface area (Å²) in [7, 11) is 3.12. The summed E-state index contributed by atoms with van der Waals surface area (Å²) in [6, 6.07) is 7.17. The van der Waals surface area contributed by atoms with Gasteiger partial charge < -0.3 is 9.84 Å². The third-order valence-electron chi connectivity index (χ3n) is 2.38. The van der Waals surface area contributed by atoms with Gasteiger partial charge in [0.25, 0.3) is 0 Å². The third kappa shape index (κ3) is 2.85. The van der Waals surface area contributed by atoms with E-state index in [4.69, 9.17) is 9.84 Å². The first-order valence-corrected chi connectivity index (χ1v) is 5.31. The molecule has 0 amide bonds. The summed E-state index contributed by atoms with van der Waals surface area (Å²) in [5, 5.41) is 9.16. The number of aliphatic carboxylic acids is 1. The summed E-state index contributed by atoms with van der Waals surface area (Å²) < 4.78 is 5.22. The molecule has 0 saturated heterocycles. The van der Waals surface area contributed by atoms with Crippen molar-refractivity contribution in [3.63, 3.8) is 0 Å². The molecule has 1 rings (SSSR count). The minimum absolute atomic E-state index is 0.0881. The minimum Gasteiger partial charge on any atom is -0.496 e. The molecule has 0 aliphatic heterocycles. The predicted octanol–water partition coefficient (Wildman–Crippen LogP) is 2.42. The van der Waals surface area contributed by atoms with E-state index in [9.17, 15) is 4.79 Å². The lowest BCUT2D eigenvalue weighted by Crippen LogP contribution is -2.04. The molecule has 4 nitrogen and oxygen atoms in total. The molecule has 1 aromatic carbocycles. The van der Waals surface area contributed by atoms with Crippen LogP contribution in [0.3, 0.4) is 0 Å². The van der Waals surface area contributed by atoms with E-state index in [0.29, 0.717) is 16.9 Å². The van der Waals surface area contributed by atoms with E-state index in [1.54, 1.807) is 19.2 Å². The number of nitrogens with zero attached hydrogens (tertiary/aromatic N) is 1. The van der Waals surface area contributed by atoms with Gasteiger partial charge in [0, 0.05) is 24.4 Å². The minimum atomic E-state index is -1.05. The maximum atomic E-state index is 11.2. The molecule has 1 N–H and O–H groups in total. The number of carbonyl (C=O) groups is 1. The number of hydrogen-bond acceptors (Lipinski definition) is 3. The van der Waals surface area contributed by atoms with E-state index in [0.717, 1.165) is 0 Å². The summed E-state index contributed by atoms with van der Waals surface area (Å²) in [5.74, 6) is -0.459. The first-order valence-electron chi connectivity index (χ1n) is 5.31. The van der Waals surface area contributed by atoms with E-state index in [-0.39, 0.29) is 5.57 Å². The predicted molar refractivity (Wildman–Crippen MR) is 72.2 cm³/mol. The first-order chi connectivity index (χ1) is 8.65. The van der Waals surface area contributed by atoms with E-state index in [1.165, 1.54) is 19.4 Å². The van der Waals surface area contributed by atoms with Crippen LogP contribution in [0.4, 0.5) is 0 Å². The largest absolute Gasteiger partial charge is 0.496 e. The van der Waals surface area contributed by atoms with E-state index < -0.39 is 5.97 Å². The Balaban J connectivity index is 3.55. The molecule has 0 saturated carbocycles. The van der Waals surface area contributed by atoms with Gasteiger partial charge >= 0.3 is 5.97 Å². The number of methoxy groups -OCH3 is 1. The van der Waals surface area contributed by atoms with Crippen LogP contribution in [-0.2, 0) is 4.79 Å². The highest BCUT2D eigenvalue weighted by atomic mass is 16.5. The van der Waals surface area contributed by atoms with Gasteiger partial charge in [-0.15, -0.1) is 0 Å². The topological polar surface area (TPSA) is 58.9 Å². The van der Waals surface area contributed by atoms with Gasteiger partial charge in [-0.05, 0) is 6.07 Å². The molecule has 0 radical (unpaired) electrons. The number of aliphatic imine (C=N–C) groups is 1. The van der Waals surface area contributed by atoms with Gasteiger partial charge in [0.1, 0.15) is 5.75 Å². The maximum Gasteiger partial charge on any atom is 0.336 e. The zero-order chi connectivity index (χ0) is 13.5. The van der Waals surface area contributed by atoms with Crippen molar-refractivity contribution in [1.29, 1.82) is 0 Å². The number of allylic oxidation sites excluding steroid dienone is 1. The fraction of sp³-hybridized carbons (Fsp3) is 0.143. The lowest BCUT2D eigenvalue weighted by Gasteiger charge is -2.10. The average molecular weight is 245 g/mol. The summed E-state index contributed by atoms with van der Waals surface area (Å²) in [4.78, 5) is 15.1. The van der Waals surface area contributed by atoms with Crippen molar-refractivity contribution in [3.05, 3.63) is 48.1 Å². The van der Waals surface area contributed by atoms with Gasteiger partial charge in [0.2, 0.25) is 0 Å². The van der Waals surface area contributed by atoms with Gasteiger partial charge in [0.15, 0.2) is 0 Å². The third-order valence-corrected chi connectivity index (χ3v) is 2.38. The van der Waals surface area contributed by atoms with Gasteiger partial charge in [-0.2, -0.15) is 0 Å². The number of ether oxygens (including phenoxy) is 1. The van der Waals surface area contributed by atoms with Crippen LogP contribution in [0.1, 0.15) is 5.56 Å². The Bertz CT molecular complexity index is 516. The van der Waals surface area contributed by atoms with Gasteiger partial charge in [-0.1, -0.05) is 30.9 Å². The normalized spacial score (nSPS) is 12.1. The number of carboxylic acid groups (broad SMARTS) is 1. The quantitative estimate of drug-likeness (QED) is 0.492. The molecule has 0 unspecified atom stereocenters. The first kappa shape index (κ1) is 13.7. The van der Waals surface area contributed by atoms with Crippen LogP contribution in [0, 0.1) is 0 Å². The number of para-hydroxylation sites is 1. The Labute approximate surface area is 106 Å². The molecule has 0 heterocycles. The van der Waals surface area contributed by atoms with Gasteiger partial charge in [-0.25, -0.2) is 4.79 Å². The molecule has 1 aromatic rings. The Morgan fingerprint density at radius 3 is 2.61 bits per heavy atom. The fourth-order valence-electron chi connectivity index (χ4n) is 1.59. The van der Waals surface area contributed by atoms with Gasteiger partial charge in [-0.3, -0.25) is 4.99 Å². The van der Waals surface area contributed by atoms with Gasteiger partial charge in [0.05, 0.1) is 12.7 Å². The highest BCUT2D eigenvalue weighted by molar-refractivity contribution is 6.19. The summed E-state index contributed by atoms with van der Waals surface area (Å²) >= 11 is 0. The molecule has 0 spiro atoms. The van der Waals surface area contributed by atoms with Crippen molar-refractivity contribution in [3.8, 4) is 5.75 Å². The highest BCUT2D eigenvalue weighted by Gasteiger charge is 2.14. The Kier molecular flexibility index (Phi) is 4.87. The SMILES string of the molecule is C=C/C(C(=O)O)=C(\C=NC)c1ccccc1OC. The number of carboxylic acids is 1. The smallest absolute Gasteiger partial charge is 0.336 e. The van der Waals surface area contributed by atoms with Crippen LogP contribution < -0.4 is 4.74 Å². The Morgan fingerprint density at radius 2 is 2.11 bits per heavy atom. The van der Waals surface area contributed by atoms with Crippen molar-refractivity contribution < 1.29 is 14.6 Å². The monoisotopic (exact) mass is 245 g/mol. The number of hydrogen-bond donors (Lipinski definition) is 1. The van der Waals surface area contributed by atoms with Crippen LogP contribution in [0.2, 0.25) is 0 Å². The maximum absolute atomic E-state index is 11.2. The zero-order valence-electron chi connectivity index (χ0n) is 10.4. The van der Waals surface area contributed by atoms with E-state index >= 15 is 0 Å². The van der Waals surface area contributed by atoms with Crippen molar-refractivity contribution in [2.75, 3.05) is 14.2 Å². The molecule has 0 aliphatic carbocycles. The van der Waals surface area contributed by atoms with E-state index in [2.05, 4.69) is 11.6 Å². The van der Waals surface area contributed by atoms with Crippen LogP contribution in [-0.4, -0.2) is 31.4 Å². The molecule has 0 aliphatic rings. The number of benzene rings is 1. The Morgan fingerprint density at radius 1 is 1.44 bits per heavy atom. The second-order valence-corrected chi connectivity index (χ2v) is 3.42. The lowest BCUT2D eigenvalue weighted by molar-refractivity contribution is -0.132. The van der Waals surface area contributed by atoms with Crippen molar-refractivity contribution in [1.82, 2.24) is 0 Å². The summed E-state index contributed by atoms with van der Waals surface area (Å²) in [6.45, 7) is 3.53. The highest BCUT2D eigenvalue weighted by Crippen LogP contribution is 2.27. The summed E-state index contributed by atoms with van der Waals surface area (Å²) in [6.07, 6.45) is 2.79. The second kappa shape index (κ2) is 6.39. The molecule has 4 heteroatoms. The molecule has 0 fully saturated rings. The van der Waals surface area contributed by atoms with Crippen molar-refractivity contribution in [2.45, 2.75) is 0 Å². The molecule has 0 aromatic heterocycles. The average Bonchev–Trinajstić information content (AvgIpc) is 2.38. The second-order valence-electron chi connectivity index (χ2n) is 3.42. The standard InChI is InChI=1S/C14H15NO3/c1-4-10(14(16)17)12(9-15-2)11-7-5-6-8-13(11)18-3/h4-9H,1H2,2-3H3,(H,16,17)/b12-10-,15-9?. The molecular weight excluding hydrogens is 230 g/mol. The molecular formula is C14H15NO3. The number of rotatable bonds is 5. The molecule has 0 atom stereocenters. The van der Waals surface area contributed by atoms with Crippen molar-refractivity contribution in [2.24, 2.45) is 4.99 Å². The van der Waals surface area contributed by atoms with E-state index in [1.807, 2.05) is 12.1 Å². The lowest BCUT2D eigenvalue weighted by atomic mass is 9.99. The Hall–Kier alpha value is -2.36. The van der Waals surface area contributed by atoms with Crippen LogP contribution in [0.5, 0.6) is 5.75 Å². The van der Waals surface area contributed by atoms with Crippen molar-refractivity contribution >= 4 is 17.8 Å². The zero-order valence-corrected chi connectivity index (χ0v) is 10.4. The fourth-order valence-corrected chi connectivity index (χ4v) is 1.59. The molecule has 94 valence electrons.